The Hall–Kier alpha value is -0.380. The fraction of sp³-hybridized carbons (Fsp3) is 0.692. The molecule has 0 amide bonds. The lowest BCUT2D eigenvalue weighted by molar-refractivity contribution is 0.135. The van der Waals surface area contributed by atoms with Crippen molar-refractivity contribution in [3.05, 3.63) is 22.4 Å². The SMILES string of the molecule is CC(C)C1CN(C(C)c2ccsc2)CCN1. The molecule has 0 radical (unpaired) electrons. The fourth-order valence-electron chi connectivity index (χ4n) is 2.32. The first-order chi connectivity index (χ1) is 7.68. The van der Waals surface area contributed by atoms with Crippen LogP contribution in [0.4, 0.5) is 0 Å². The van der Waals surface area contributed by atoms with Crippen molar-refractivity contribution in [1.29, 1.82) is 0 Å². The van der Waals surface area contributed by atoms with Gasteiger partial charge in [-0.25, -0.2) is 0 Å². The average molecular weight is 238 g/mol. The van der Waals surface area contributed by atoms with Crippen LogP contribution in [-0.4, -0.2) is 30.6 Å². The van der Waals surface area contributed by atoms with E-state index in [0.717, 1.165) is 12.5 Å². The van der Waals surface area contributed by atoms with Crippen molar-refractivity contribution in [3.63, 3.8) is 0 Å². The van der Waals surface area contributed by atoms with Crippen molar-refractivity contribution < 1.29 is 0 Å². The van der Waals surface area contributed by atoms with Gasteiger partial charge in [-0.2, -0.15) is 11.3 Å². The molecule has 2 heterocycles. The van der Waals surface area contributed by atoms with Gasteiger partial charge in [0.25, 0.3) is 0 Å². The molecule has 1 aromatic heterocycles. The monoisotopic (exact) mass is 238 g/mol. The van der Waals surface area contributed by atoms with E-state index in [1.807, 2.05) is 0 Å². The third kappa shape index (κ3) is 2.65. The van der Waals surface area contributed by atoms with Gasteiger partial charge in [0.2, 0.25) is 0 Å². The number of rotatable bonds is 3. The molecule has 1 aliphatic heterocycles. The Kier molecular flexibility index (Phi) is 4.00. The quantitative estimate of drug-likeness (QED) is 0.871. The molecule has 1 fully saturated rings. The lowest BCUT2D eigenvalue weighted by atomic mass is 10.00. The molecule has 0 aliphatic carbocycles. The number of hydrogen-bond acceptors (Lipinski definition) is 3. The Bertz CT molecular complexity index is 308. The summed E-state index contributed by atoms with van der Waals surface area (Å²) in [5, 5.41) is 8.06. The van der Waals surface area contributed by atoms with Crippen LogP contribution in [0.3, 0.4) is 0 Å². The van der Waals surface area contributed by atoms with Gasteiger partial charge in [-0.3, -0.25) is 4.90 Å². The van der Waals surface area contributed by atoms with Crippen LogP contribution in [0, 0.1) is 5.92 Å². The predicted octanol–water partition coefficient (Wildman–Crippen LogP) is 2.74. The lowest BCUT2D eigenvalue weighted by Crippen LogP contribution is -2.53. The third-order valence-corrected chi connectivity index (χ3v) is 4.32. The Balaban J connectivity index is 1.99. The minimum absolute atomic E-state index is 0.564. The Labute approximate surface area is 103 Å². The summed E-state index contributed by atoms with van der Waals surface area (Å²) in [5.41, 5.74) is 1.47. The van der Waals surface area contributed by atoms with Gasteiger partial charge >= 0.3 is 0 Å². The minimum atomic E-state index is 0.564. The van der Waals surface area contributed by atoms with Gasteiger partial charge in [0, 0.05) is 31.7 Å². The van der Waals surface area contributed by atoms with Gasteiger partial charge in [-0.05, 0) is 35.2 Å². The van der Waals surface area contributed by atoms with Crippen molar-refractivity contribution in [2.24, 2.45) is 5.92 Å². The molecule has 0 aromatic carbocycles. The highest BCUT2D eigenvalue weighted by Gasteiger charge is 2.25. The van der Waals surface area contributed by atoms with E-state index in [1.165, 1.54) is 18.7 Å². The highest BCUT2D eigenvalue weighted by atomic mass is 32.1. The molecule has 2 atom stereocenters. The molecule has 1 aliphatic rings. The molecule has 0 spiro atoms. The zero-order chi connectivity index (χ0) is 11.5. The van der Waals surface area contributed by atoms with Gasteiger partial charge < -0.3 is 5.32 Å². The van der Waals surface area contributed by atoms with E-state index in [-0.39, 0.29) is 0 Å². The van der Waals surface area contributed by atoms with E-state index in [9.17, 15) is 0 Å². The van der Waals surface area contributed by atoms with Gasteiger partial charge in [0.1, 0.15) is 0 Å². The van der Waals surface area contributed by atoms with Crippen molar-refractivity contribution in [2.75, 3.05) is 19.6 Å². The summed E-state index contributed by atoms with van der Waals surface area (Å²) in [7, 11) is 0. The summed E-state index contributed by atoms with van der Waals surface area (Å²) in [6.07, 6.45) is 0. The molecule has 16 heavy (non-hydrogen) atoms. The Morgan fingerprint density at radius 2 is 2.25 bits per heavy atom. The van der Waals surface area contributed by atoms with Crippen LogP contribution in [-0.2, 0) is 0 Å². The summed E-state index contributed by atoms with van der Waals surface area (Å²) in [6.45, 7) is 10.4. The van der Waals surface area contributed by atoms with E-state index in [0.29, 0.717) is 12.1 Å². The minimum Gasteiger partial charge on any atom is -0.311 e. The first kappa shape index (κ1) is 12.1. The van der Waals surface area contributed by atoms with Crippen molar-refractivity contribution in [2.45, 2.75) is 32.9 Å². The Morgan fingerprint density at radius 3 is 2.88 bits per heavy atom. The van der Waals surface area contributed by atoms with Crippen LogP contribution in [0.5, 0.6) is 0 Å². The zero-order valence-corrected chi connectivity index (χ0v) is 11.3. The predicted molar refractivity (Wildman–Crippen MR) is 70.9 cm³/mol. The molecule has 2 unspecified atom stereocenters. The second kappa shape index (κ2) is 5.30. The van der Waals surface area contributed by atoms with E-state index in [2.05, 4.69) is 47.8 Å². The van der Waals surface area contributed by atoms with Gasteiger partial charge in [0.05, 0.1) is 0 Å². The van der Waals surface area contributed by atoms with Crippen LogP contribution in [0.1, 0.15) is 32.4 Å². The average Bonchev–Trinajstić information content (AvgIpc) is 2.81. The highest BCUT2D eigenvalue weighted by molar-refractivity contribution is 7.07. The molecule has 1 saturated heterocycles. The molecule has 1 N–H and O–H groups in total. The first-order valence-corrected chi connectivity index (χ1v) is 7.12. The van der Waals surface area contributed by atoms with Crippen molar-refractivity contribution in [3.8, 4) is 0 Å². The maximum absolute atomic E-state index is 3.61. The number of thiophene rings is 1. The molecule has 90 valence electrons. The van der Waals surface area contributed by atoms with Crippen LogP contribution >= 0.6 is 11.3 Å². The molecule has 2 rings (SSSR count). The van der Waals surface area contributed by atoms with Crippen molar-refractivity contribution in [1.82, 2.24) is 10.2 Å². The lowest BCUT2D eigenvalue weighted by Gasteiger charge is -2.39. The van der Waals surface area contributed by atoms with Gasteiger partial charge in [-0.15, -0.1) is 0 Å². The first-order valence-electron chi connectivity index (χ1n) is 6.18. The van der Waals surface area contributed by atoms with Crippen LogP contribution in [0.15, 0.2) is 16.8 Å². The van der Waals surface area contributed by atoms with Gasteiger partial charge in [0.15, 0.2) is 0 Å². The molecular weight excluding hydrogens is 216 g/mol. The van der Waals surface area contributed by atoms with Crippen LogP contribution in [0.25, 0.3) is 0 Å². The van der Waals surface area contributed by atoms with Crippen molar-refractivity contribution >= 4 is 11.3 Å². The second-order valence-corrected chi connectivity index (χ2v) is 5.81. The topological polar surface area (TPSA) is 15.3 Å². The number of hydrogen-bond donors (Lipinski definition) is 1. The second-order valence-electron chi connectivity index (χ2n) is 5.03. The summed E-state index contributed by atoms with van der Waals surface area (Å²) >= 11 is 1.80. The molecule has 3 heteroatoms. The van der Waals surface area contributed by atoms with Crippen LogP contribution in [0.2, 0.25) is 0 Å². The van der Waals surface area contributed by atoms with E-state index < -0.39 is 0 Å². The summed E-state index contributed by atoms with van der Waals surface area (Å²) < 4.78 is 0. The summed E-state index contributed by atoms with van der Waals surface area (Å²) in [5.74, 6) is 0.720. The van der Waals surface area contributed by atoms with Crippen LogP contribution < -0.4 is 5.32 Å². The molecule has 1 aromatic rings. The summed E-state index contributed by atoms with van der Waals surface area (Å²) in [6, 6.07) is 3.46. The molecule has 0 saturated carbocycles. The molecule has 2 nitrogen and oxygen atoms in total. The highest BCUT2D eigenvalue weighted by Crippen LogP contribution is 2.24. The maximum atomic E-state index is 3.61. The van der Waals surface area contributed by atoms with Gasteiger partial charge in [-0.1, -0.05) is 13.8 Å². The smallest absolute Gasteiger partial charge is 0.0329 e. The number of nitrogens with one attached hydrogen (secondary N) is 1. The standard InChI is InChI=1S/C13H22N2S/c1-10(2)13-8-15(6-5-14-13)11(3)12-4-7-16-9-12/h4,7,9-11,13-14H,5-6,8H2,1-3H3. The Morgan fingerprint density at radius 1 is 1.44 bits per heavy atom. The maximum Gasteiger partial charge on any atom is 0.0329 e. The molecule has 0 bridgehead atoms. The number of nitrogens with zero attached hydrogens (tertiary/aromatic N) is 1. The van der Waals surface area contributed by atoms with E-state index in [4.69, 9.17) is 0 Å². The number of piperazine rings is 1. The van der Waals surface area contributed by atoms with E-state index >= 15 is 0 Å². The van der Waals surface area contributed by atoms with E-state index in [1.54, 1.807) is 11.3 Å². The third-order valence-electron chi connectivity index (χ3n) is 3.61. The fourth-order valence-corrected chi connectivity index (χ4v) is 3.07. The zero-order valence-electron chi connectivity index (χ0n) is 10.4. The summed E-state index contributed by atoms with van der Waals surface area (Å²) in [4.78, 5) is 2.60. The molecular formula is C13H22N2S. The normalized spacial score (nSPS) is 24.9. The largest absolute Gasteiger partial charge is 0.311 e.